The SMILES string of the molecule is CC(C)NC(=O)CCNCc1ccc(-c2nc3ccccc3s2)o1. The molecule has 0 saturated carbocycles. The van der Waals surface area contributed by atoms with Crippen molar-refractivity contribution >= 4 is 27.5 Å². The van der Waals surface area contributed by atoms with E-state index in [0.29, 0.717) is 19.5 Å². The normalized spacial score (nSPS) is 11.3. The van der Waals surface area contributed by atoms with Gasteiger partial charge < -0.3 is 15.1 Å². The quantitative estimate of drug-likeness (QED) is 0.644. The zero-order chi connectivity index (χ0) is 16.9. The Morgan fingerprint density at radius 3 is 2.88 bits per heavy atom. The van der Waals surface area contributed by atoms with Crippen LogP contribution < -0.4 is 10.6 Å². The molecule has 0 aliphatic carbocycles. The van der Waals surface area contributed by atoms with Crippen molar-refractivity contribution in [2.24, 2.45) is 0 Å². The molecule has 0 fully saturated rings. The third kappa shape index (κ3) is 4.21. The minimum absolute atomic E-state index is 0.0621. The molecule has 0 bridgehead atoms. The lowest BCUT2D eigenvalue weighted by Gasteiger charge is -2.08. The van der Waals surface area contributed by atoms with Gasteiger partial charge in [-0.3, -0.25) is 4.79 Å². The van der Waals surface area contributed by atoms with Gasteiger partial charge in [0.05, 0.1) is 16.8 Å². The molecule has 0 aliphatic heterocycles. The maximum absolute atomic E-state index is 11.6. The van der Waals surface area contributed by atoms with Crippen LogP contribution in [0.15, 0.2) is 40.8 Å². The second kappa shape index (κ2) is 7.59. The molecule has 3 aromatic rings. The summed E-state index contributed by atoms with van der Waals surface area (Å²) >= 11 is 1.62. The number of rotatable bonds is 7. The Morgan fingerprint density at radius 1 is 1.25 bits per heavy atom. The number of carbonyl (C=O) groups is 1. The van der Waals surface area contributed by atoms with Crippen LogP contribution in [0.1, 0.15) is 26.0 Å². The van der Waals surface area contributed by atoms with Crippen LogP contribution in [0.3, 0.4) is 0 Å². The topological polar surface area (TPSA) is 67.2 Å². The van der Waals surface area contributed by atoms with Gasteiger partial charge in [0.2, 0.25) is 5.91 Å². The molecule has 5 nitrogen and oxygen atoms in total. The van der Waals surface area contributed by atoms with Crippen LogP contribution in [0.5, 0.6) is 0 Å². The summed E-state index contributed by atoms with van der Waals surface area (Å²) in [6.07, 6.45) is 0.462. The highest BCUT2D eigenvalue weighted by Crippen LogP contribution is 2.30. The Balaban J connectivity index is 1.53. The molecule has 1 aromatic carbocycles. The maximum Gasteiger partial charge on any atom is 0.221 e. The fraction of sp³-hybridized carbons (Fsp3) is 0.333. The average Bonchev–Trinajstić information content (AvgIpc) is 3.17. The number of amides is 1. The van der Waals surface area contributed by atoms with Crippen molar-refractivity contribution in [1.29, 1.82) is 0 Å². The number of fused-ring (bicyclic) bond motifs is 1. The zero-order valence-electron chi connectivity index (χ0n) is 13.8. The van der Waals surface area contributed by atoms with Crippen LogP contribution >= 0.6 is 11.3 Å². The minimum atomic E-state index is 0.0621. The van der Waals surface area contributed by atoms with Gasteiger partial charge in [0.1, 0.15) is 5.76 Å². The number of thiazole rings is 1. The van der Waals surface area contributed by atoms with Crippen LogP contribution in [0.4, 0.5) is 0 Å². The molecule has 24 heavy (non-hydrogen) atoms. The van der Waals surface area contributed by atoms with E-state index in [-0.39, 0.29) is 11.9 Å². The van der Waals surface area contributed by atoms with Crippen molar-refractivity contribution in [2.75, 3.05) is 6.54 Å². The van der Waals surface area contributed by atoms with Gasteiger partial charge in [-0.15, -0.1) is 11.3 Å². The van der Waals surface area contributed by atoms with Gasteiger partial charge in [-0.1, -0.05) is 12.1 Å². The van der Waals surface area contributed by atoms with Crippen molar-refractivity contribution in [3.63, 3.8) is 0 Å². The zero-order valence-corrected chi connectivity index (χ0v) is 14.7. The number of nitrogens with zero attached hydrogens (tertiary/aromatic N) is 1. The van der Waals surface area contributed by atoms with Gasteiger partial charge in [0, 0.05) is 19.0 Å². The highest BCUT2D eigenvalue weighted by Gasteiger charge is 2.10. The number of para-hydroxylation sites is 1. The first-order valence-electron chi connectivity index (χ1n) is 8.06. The van der Waals surface area contributed by atoms with Gasteiger partial charge in [-0.2, -0.15) is 0 Å². The summed E-state index contributed by atoms with van der Waals surface area (Å²) in [6.45, 7) is 5.13. The Bertz CT molecular complexity index is 789. The lowest BCUT2D eigenvalue weighted by Crippen LogP contribution is -2.32. The second-order valence-corrected chi connectivity index (χ2v) is 6.93. The Kier molecular flexibility index (Phi) is 5.27. The van der Waals surface area contributed by atoms with E-state index in [1.54, 1.807) is 11.3 Å². The molecule has 2 aromatic heterocycles. The molecule has 126 valence electrons. The van der Waals surface area contributed by atoms with E-state index < -0.39 is 0 Å². The first kappa shape index (κ1) is 16.7. The summed E-state index contributed by atoms with van der Waals surface area (Å²) in [6, 6.07) is 12.1. The first-order valence-corrected chi connectivity index (χ1v) is 8.88. The van der Waals surface area contributed by atoms with Crippen LogP contribution in [-0.2, 0) is 11.3 Å². The molecule has 0 aliphatic rings. The molecule has 0 radical (unpaired) electrons. The second-order valence-electron chi connectivity index (χ2n) is 5.90. The van der Waals surface area contributed by atoms with Gasteiger partial charge in [-0.25, -0.2) is 4.98 Å². The van der Waals surface area contributed by atoms with Gasteiger partial charge in [-0.05, 0) is 38.1 Å². The number of furan rings is 1. The molecule has 0 saturated heterocycles. The number of benzene rings is 1. The predicted octanol–water partition coefficient (Wildman–Crippen LogP) is 3.56. The maximum atomic E-state index is 11.6. The Morgan fingerprint density at radius 2 is 2.08 bits per heavy atom. The van der Waals surface area contributed by atoms with E-state index in [1.807, 2.05) is 44.2 Å². The van der Waals surface area contributed by atoms with Gasteiger partial charge in [0.25, 0.3) is 0 Å². The smallest absolute Gasteiger partial charge is 0.221 e. The van der Waals surface area contributed by atoms with Crippen molar-refractivity contribution in [3.8, 4) is 10.8 Å². The summed E-state index contributed by atoms with van der Waals surface area (Å²) in [7, 11) is 0. The molecule has 0 unspecified atom stereocenters. The summed E-state index contributed by atoms with van der Waals surface area (Å²) in [5.74, 6) is 1.69. The van der Waals surface area contributed by atoms with Crippen LogP contribution in [0, 0.1) is 0 Å². The molecular formula is C18H21N3O2S. The Hall–Kier alpha value is -2.18. The van der Waals surface area contributed by atoms with Crippen molar-refractivity contribution in [2.45, 2.75) is 32.9 Å². The van der Waals surface area contributed by atoms with E-state index in [2.05, 4.69) is 21.7 Å². The summed E-state index contributed by atoms with van der Waals surface area (Å²) < 4.78 is 7.01. The van der Waals surface area contributed by atoms with Crippen LogP contribution in [0.2, 0.25) is 0 Å². The summed E-state index contributed by atoms with van der Waals surface area (Å²) in [4.78, 5) is 16.2. The average molecular weight is 343 g/mol. The molecular weight excluding hydrogens is 322 g/mol. The third-order valence-corrected chi connectivity index (χ3v) is 4.50. The molecule has 6 heteroatoms. The van der Waals surface area contributed by atoms with E-state index in [1.165, 1.54) is 0 Å². The molecule has 2 heterocycles. The lowest BCUT2D eigenvalue weighted by molar-refractivity contribution is -0.121. The van der Waals surface area contributed by atoms with Crippen molar-refractivity contribution in [3.05, 3.63) is 42.2 Å². The number of hydrogen-bond donors (Lipinski definition) is 2. The monoisotopic (exact) mass is 343 g/mol. The summed E-state index contributed by atoms with van der Waals surface area (Å²) in [5.41, 5.74) is 0.990. The molecule has 0 atom stereocenters. The number of hydrogen-bond acceptors (Lipinski definition) is 5. The molecule has 0 spiro atoms. The summed E-state index contributed by atoms with van der Waals surface area (Å²) in [5, 5.41) is 6.98. The van der Waals surface area contributed by atoms with Crippen LogP contribution in [-0.4, -0.2) is 23.5 Å². The first-order chi connectivity index (χ1) is 11.6. The molecule has 2 N–H and O–H groups in total. The number of aromatic nitrogens is 1. The highest BCUT2D eigenvalue weighted by atomic mass is 32.1. The lowest BCUT2D eigenvalue weighted by atomic mass is 10.3. The number of nitrogens with one attached hydrogen (secondary N) is 2. The minimum Gasteiger partial charge on any atom is -0.457 e. The molecule has 3 rings (SSSR count). The van der Waals surface area contributed by atoms with Crippen molar-refractivity contribution in [1.82, 2.24) is 15.6 Å². The van der Waals surface area contributed by atoms with E-state index in [0.717, 1.165) is 26.7 Å². The van der Waals surface area contributed by atoms with Gasteiger partial charge >= 0.3 is 0 Å². The van der Waals surface area contributed by atoms with E-state index in [4.69, 9.17) is 4.42 Å². The Labute approximate surface area is 145 Å². The van der Waals surface area contributed by atoms with E-state index >= 15 is 0 Å². The van der Waals surface area contributed by atoms with Crippen LogP contribution in [0.25, 0.3) is 21.0 Å². The highest BCUT2D eigenvalue weighted by molar-refractivity contribution is 7.21. The fourth-order valence-electron chi connectivity index (χ4n) is 2.37. The fourth-order valence-corrected chi connectivity index (χ4v) is 3.30. The number of carbonyl (C=O) groups excluding carboxylic acids is 1. The van der Waals surface area contributed by atoms with Gasteiger partial charge in [0.15, 0.2) is 10.8 Å². The third-order valence-electron chi connectivity index (χ3n) is 3.44. The standard InChI is InChI=1S/C18H21N3O2S/c1-12(2)20-17(22)9-10-19-11-13-7-8-15(23-13)18-21-14-5-3-4-6-16(14)24-18/h3-8,12,19H,9-11H2,1-2H3,(H,20,22). The molecule has 1 amide bonds. The largest absolute Gasteiger partial charge is 0.457 e. The van der Waals surface area contributed by atoms with Crippen molar-refractivity contribution < 1.29 is 9.21 Å². The predicted molar refractivity (Wildman–Crippen MR) is 96.9 cm³/mol. The van der Waals surface area contributed by atoms with E-state index in [9.17, 15) is 4.79 Å².